The normalized spacial score (nSPS) is 17.1. The molecular weight excluding hydrogens is 266 g/mol. The van der Waals surface area contributed by atoms with Crippen molar-refractivity contribution in [3.05, 3.63) is 53.5 Å². The van der Waals surface area contributed by atoms with E-state index in [0.29, 0.717) is 5.56 Å². The monoisotopic (exact) mass is 281 g/mol. The summed E-state index contributed by atoms with van der Waals surface area (Å²) >= 11 is 0. The average Bonchev–Trinajstić information content (AvgIpc) is 2.64. The van der Waals surface area contributed by atoms with Crippen molar-refractivity contribution in [3.63, 3.8) is 0 Å². The average molecular weight is 281 g/mol. The topological polar surface area (TPSA) is 58.4 Å². The number of carboxylic acids is 1. The molecule has 1 aromatic carbocycles. The van der Waals surface area contributed by atoms with Crippen LogP contribution in [0.15, 0.2) is 42.1 Å². The third-order valence-corrected chi connectivity index (χ3v) is 4.17. The fraction of sp³-hybridized carbons (Fsp3) is 0.250. The van der Waals surface area contributed by atoms with Crippen molar-refractivity contribution in [2.75, 3.05) is 13.1 Å². The predicted molar refractivity (Wildman–Crippen MR) is 79.2 cm³/mol. The number of allylic oxidation sites excluding steroid dienone is 3. The number of carboxylic acid groups (broad SMARTS) is 1. The predicted octanol–water partition coefficient (Wildman–Crippen LogP) is 2.05. The number of hydrogen-bond donors (Lipinski definition) is 1. The molecule has 0 radical (unpaired) electrons. The molecule has 2 heterocycles. The van der Waals surface area contributed by atoms with Crippen LogP contribution in [0, 0.1) is 0 Å². The Bertz CT molecular complexity index is 801. The maximum Gasteiger partial charge on any atom is 0.335 e. The van der Waals surface area contributed by atoms with Gasteiger partial charge < -0.3 is 14.6 Å². The second kappa shape index (κ2) is 4.48. The number of fused-ring (bicyclic) bond motifs is 3. The largest absolute Gasteiger partial charge is 0.478 e. The van der Waals surface area contributed by atoms with Gasteiger partial charge in [0.1, 0.15) is 5.82 Å². The summed E-state index contributed by atoms with van der Waals surface area (Å²) in [4.78, 5) is 18.0. The molecule has 1 aromatic heterocycles. The number of aromatic nitrogens is 2. The van der Waals surface area contributed by atoms with Crippen LogP contribution in [0.3, 0.4) is 0 Å². The SMILES string of the molecule is O=C(O)c1ccc2c(c1)nc1n2CCN(C2=CC=C2)CC1. The van der Waals surface area contributed by atoms with Crippen LogP contribution < -0.4 is 0 Å². The summed E-state index contributed by atoms with van der Waals surface area (Å²) in [6, 6.07) is 5.18. The molecular formula is C16H15N3O2. The Hall–Kier alpha value is -2.56. The van der Waals surface area contributed by atoms with E-state index in [-0.39, 0.29) is 0 Å². The van der Waals surface area contributed by atoms with E-state index < -0.39 is 5.97 Å². The summed E-state index contributed by atoms with van der Waals surface area (Å²) < 4.78 is 2.21. The number of hydrogen-bond acceptors (Lipinski definition) is 3. The van der Waals surface area contributed by atoms with E-state index >= 15 is 0 Å². The Labute approximate surface area is 121 Å². The van der Waals surface area contributed by atoms with Crippen molar-refractivity contribution in [1.82, 2.24) is 14.5 Å². The van der Waals surface area contributed by atoms with E-state index in [4.69, 9.17) is 5.11 Å². The van der Waals surface area contributed by atoms with Crippen LogP contribution in [-0.2, 0) is 13.0 Å². The molecule has 4 rings (SSSR count). The Morgan fingerprint density at radius 2 is 2.10 bits per heavy atom. The first kappa shape index (κ1) is 12.2. The van der Waals surface area contributed by atoms with Crippen molar-refractivity contribution >= 4 is 17.0 Å². The van der Waals surface area contributed by atoms with Gasteiger partial charge in [-0.3, -0.25) is 0 Å². The number of rotatable bonds is 2. The van der Waals surface area contributed by atoms with Crippen molar-refractivity contribution in [3.8, 4) is 0 Å². The molecule has 5 heteroatoms. The van der Waals surface area contributed by atoms with Gasteiger partial charge in [0.2, 0.25) is 0 Å². The Morgan fingerprint density at radius 1 is 1.24 bits per heavy atom. The van der Waals surface area contributed by atoms with Crippen LogP contribution in [-0.4, -0.2) is 38.6 Å². The zero-order valence-electron chi connectivity index (χ0n) is 11.5. The third-order valence-electron chi connectivity index (χ3n) is 4.17. The summed E-state index contributed by atoms with van der Waals surface area (Å²) in [6.45, 7) is 2.78. The fourth-order valence-electron chi connectivity index (χ4n) is 2.97. The second-order valence-corrected chi connectivity index (χ2v) is 5.38. The molecule has 2 aromatic rings. The Kier molecular flexibility index (Phi) is 2.60. The molecule has 5 nitrogen and oxygen atoms in total. The van der Waals surface area contributed by atoms with E-state index in [2.05, 4.69) is 32.7 Å². The van der Waals surface area contributed by atoms with Crippen molar-refractivity contribution < 1.29 is 9.90 Å². The van der Waals surface area contributed by atoms with Gasteiger partial charge in [-0.1, -0.05) is 6.08 Å². The lowest BCUT2D eigenvalue weighted by Crippen LogP contribution is -2.26. The van der Waals surface area contributed by atoms with E-state index in [1.807, 2.05) is 6.07 Å². The Balaban J connectivity index is 1.69. The van der Waals surface area contributed by atoms with Crippen LogP contribution in [0.25, 0.3) is 11.0 Å². The molecule has 106 valence electrons. The summed E-state index contributed by atoms with van der Waals surface area (Å²) in [5, 5.41) is 9.07. The van der Waals surface area contributed by atoms with Crippen LogP contribution in [0.2, 0.25) is 0 Å². The smallest absolute Gasteiger partial charge is 0.335 e. The van der Waals surface area contributed by atoms with Crippen molar-refractivity contribution in [2.24, 2.45) is 0 Å². The lowest BCUT2D eigenvalue weighted by Gasteiger charge is -2.25. The molecule has 21 heavy (non-hydrogen) atoms. The van der Waals surface area contributed by atoms with Gasteiger partial charge in [0, 0.05) is 31.8 Å². The summed E-state index contributed by atoms with van der Waals surface area (Å²) in [6.07, 6.45) is 7.19. The van der Waals surface area contributed by atoms with Crippen molar-refractivity contribution in [2.45, 2.75) is 13.0 Å². The standard InChI is InChI=1S/C16H15N3O2/c20-16(21)11-4-5-14-13(10-11)17-15-6-7-18(8-9-19(14)15)12-2-1-3-12/h1-5,10H,6-9H2,(H,20,21). The second-order valence-electron chi connectivity index (χ2n) is 5.38. The van der Waals surface area contributed by atoms with Crippen LogP contribution in [0.5, 0.6) is 0 Å². The fourth-order valence-corrected chi connectivity index (χ4v) is 2.97. The van der Waals surface area contributed by atoms with Gasteiger partial charge >= 0.3 is 5.97 Å². The molecule has 0 bridgehead atoms. The zero-order valence-corrected chi connectivity index (χ0v) is 11.5. The zero-order chi connectivity index (χ0) is 14.4. The van der Waals surface area contributed by atoms with Crippen LogP contribution >= 0.6 is 0 Å². The van der Waals surface area contributed by atoms with Gasteiger partial charge in [0.05, 0.1) is 16.6 Å². The number of imidazole rings is 1. The minimum atomic E-state index is -0.907. The highest BCUT2D eigenvalue weighted by atomic mass is 16.4. The number of nitrogens with zero attached hydrogens (tertiary/aromatic N) is 3. The van der Waals surface area contributed by atoms with Crippen LogP contribution in [0.4, 0.5) is 0 Å². The first-order chi connectivity index (χ1) is 10.2. The van der Waals surface area contributed by atoms with Gasteiger partial charge in [-0.2, -0.15) is 0 Å². The molecule has 1 aliphatic carbocycles. The molecule has 2 aliphatic rings. The van der Waals surface area contributed by atoms with Crippen LogP contribution in [0.1, 0.15) is 16.2 Å². The van der Waals surface area contributed by atoms with Gasteiger partial charge in [-0.15, -0.1) is 0 Å². The summed E-state index contributed by atoms with van der Waals surface area (Å²) in [7, 11) is 0. The van der Waals surface area contributed by atoms with E-state index in [1.54, 1.807) is 12.1 Å². The van der Waals surface area contributed by atoms with Gasteiger partial charge in [-0.05, 0) is 30.4 Å². The highest BCUT2D eigenvalue weighted by Gasteiger charge is 2.19. The lowest BCUT2D eigenvalue weighted by atomic mass is 10.2. The quantitative estimate of drug-likeness (QED) is 0.915. The number of carbonyl (C=O) groups is 1. The molecule has 0 fully saturated rings. The molecule has 0 spiro atoms. The molecule has 0 saturated carbocycles. The lowest BCUT2D eigenvalue weighted by molar-refractivity contribution is 0.0697. The molecule has 1 N–H and O–H groups in total. The summed E-state index contributed by atoms with van der Waals surface area (Å²) in [5.74, 6) is 0.133. The van der Waals surface area contributed by atoms with E-state index in [9.17, 15) is 4.79 Å². The first-order valence-corrected chi connectivity index (χ1v) is 7.08. The Morgan fingerprint density at radius 3 is 2.81 bits per heavy atom. The maximum absolute atomic E-state index is 11.0. The number of benzene rings is 1. The maximum atomic E-state index is 11.0. The van der Waals surface area contributed by atoms with Gasteiger partial charge in [0.25, 0.3) is 0 Å². The molecule has 0 unspecified atom stereocenters. The molecule has 0 atom stereocenters. The minimum Gasteiger partial charge on any atom is -0.478 e. The number of aromatic carboxylic acids is 1. The van der Waals surface area contributed by atoms with Gasteiger partial charge in [-0.25, -0.2) is 9.78 Å². The molecule has 0 amide bonds. The van der Waals surface area contributed by atoms with E-state index in [0.717, 1.165) is 42.9 Å². The highest BCUT2D eigenvalue weighted by molar-refractivity contribution is 5.92. The minimum absolute atomic E-state index is 0.294. The first-order valence-electron chi connectivity index (χ1n) is 7.08. The third kappa shape index (κ3) is 1.93. The molecule has 0 saturated heterocycles. The highest BCUT2D eigenvalue weighted by Crippen LogP contribution is 2.23. The molecule has 1 aliphatic heterocycles. The van der Waals surface area contributed by atoms with Gasteiger partial charge in [0.15, 0.2) is 0 Å². The summed E-state index contributed by atoms with van der Waals surface area (Å²) in [5.41, 5.74) is 3.39. The van der Waals surface area contributed by atoms with Crippen molar-refractivity contribution in [1.29, 1.82) is 0 Å². The van der Waals surface area contributed by atoms with E-state index in [1.165, 1.54) is 5.70 Å².